The van der Waals surface area contributed by atoms with Crippen LogP contribution in [0.4, 0.5) is 0 Å². The van der Waals surface area contributed by atoms with Crippen molar-refractivity contribution in [3.05, 3.63) is 71.8 Å². The van der Waals surface area contributed by atoms with Crippen LogP contribution < -0.4 is 5.32 Å². The maximum Gasteiger partial charge on any atom is 0.126 e. The van der Waals surface area contributed by atoms with Gasteiger partial charge in [0.15, 0.2) is 0 Å². The molecule has 1 saturated carbocycles. The van der Waals surface area contributed by atoms with Crippen LogP contribution in [0, 0.1) is 11.8 Å². The molecule has 3 nitrogen and oxygen atoms in total. The van der Waals surface area contributed by atoms with Crippen molar-refractivity contribution in [2.24, 2.45) is 11.8 Å². The molecule has 0 saturated heterocycles. The van der Waals surface area contributed by atoms with Gasteiger partial charge in [0, 0.05) is 5.92 Å². The number of aliphatic hydroxyl groups is 1. The van der Waals surface area contributed by atoms with E-state index in [0.717, 1.165) is 17.0 Å². The largest absolute Gasteiger partial charge is 0.385 e. The number of nitrogens with two attached hydrogens (primary N) is 1. The molecule has 27 heavy (non-hydrogen) atoms. The fourth-order valence-corrected chi connectivity index (χ4v) is 4.20. The molecule has 3 heteroatoms. The fraction of sp³-hybridized carbons (Fsp3) is 0.500. The highest BCUT2D eigenvalue weighted by Gasteiger charge is 2.30. The monoisotopic (exact) mass is 368 g/mol. The summed E-state index contributed by atoms with van der Waals surface area (Å²) in [5.74, 6) is 1.50. The van der Waals surface area contributed by atoms with Crippen molar-refractivity contribution in [1.82, 2.24) is 0 Å². The molecule has 3 rings (SSSR count). The van der Waals surface area contributed by atoms with Gasteiger partial charge in [-0.1, -0.05) is 74.5 Å². The molecular weight excluding hydrogens is 334 g/mol. The summed E-state index contributed by atoms with van der Waals surface area (Å²) in [6.45, 7) is 5.77. The zero-order valence-electron chi connectivity index (χ0n) is 16.6. The number of ether oxygens (including phenoxy) is 1. The average Bonchev–Trinajstić information content (AvgIpc) is 2.71. The van der Waals surface area contributed by atoms with Crippen LogP contribution in [0.5, 0.6) is 0 Å². The minimum atomic E-state index is -0.454. The Kier molecular flexibility index (Phi) is 7.45. The number of aliphatic hydroxyl groups excluding tert-OH is 1. The molecular formula is C24H34NO2+. The molecule has 0 radical (unpaired) electrons. The highest BCUT2D eigenvalue weighted by molar-refractivity contribution is 5.29. The van der Waals surface area contributed by atoms with E-state index in [1.807, 2.05) is 36.4 Å². The lowest BCUT2D eigenvalue weighted by molar-refractivity contribution is -0.704. The van der Waals surface area contributed by atoms with E-state index in [-0.39, 0.29) is 6.10 Å². The van der Waals surface area contributed by atoms with Crippen molar-refractivity contribution in [3.63, 3.8) is 0 Å². The van der Waals surface area contributed by atoms with Crippen molar-refractivity contribution >= 4 is 0 Å². The predicted molar refractivity (Wildman–Crippen MR) is 109 cm³/mol. The Balaban J connectivity index is 1.55. The third-order valence-electron chi connectivity index (χ3n) is 6.14. The molecule has 1 aliphatic rings. The van der Waals surface area contributed by atoms with E-state index >= 15 is 0 Å². The van der Waals surface area contributed by atoms with Crippen molar-refractivity contribution < 1.29 is 15.2 Å². The van der Waals surface area contributed by atoms with Gasteiger partial charge < -0.3 is 15.2 Å². The topological polar surface area (TPSA) is 46.1 Å². The van der Waals surface area contributed by atoms with Crippen LogP contribution in [-0.2, 0) is 4.74 Å². The first-order chi connectivity index (χ1) is 13.1. The lowest BCUT2D eigenvalue weighted by Gasteiger charge is -2.32. The highest BCUT2D eigenvalue weighted by atomic mass is 16.5. The Morgan fingerprint density at radius 1 is 0.963 bits per heavy atom. The van der Waals surface area contributed by atoms with Gasteiger partial charge in [0.2, 0.25) is 0 Å². The van der Waals surface area contributed by atoms with Gasteiger partial charge in [0.05, 0.1) is 12.6 Å². The van der Waals surface area contributed by atoms with Gasteiger partial charge >= 0.3 is 0 Å². The average molecular weight is 369 g/mol. The van der Waals surface area contributed by atoms with Gasteiger partial charge in [-0.05, 0) is 36.3 Å². The van der Waals surface area contributed by atoms with E-state index < -0.39 is 6.10 Å². The van der Waals surface area contributed by atoms with Crippen LogP contribution in [0.2, 0.25) is 0 Å². The molecule has 2 aromatic rings. The number of hydrogen-bond acceptors (Lipinski definition) is 2. The maximum absolute atomic E-state index is 10.5. The summed E-state index contributed by atoms with van der Waals surface area (Å²) < 4.78 is 6.19. The van der Waals surface area contributed by atoms with Gasteiger partial charge in [-0.15, -0.1) is 0 Å². The van der Waals surface area contributed by atoms with Crippen molar-refractivity contribution in [2.75, 3.05) is 13.2 Å². The summed E-state index contributed by atoms with van der Waals surface area (Å²) in [5.41, 5.74) is 2.24. The molecule has 146 valence electrons. The lowest BCUT2D eigenvalue weighted by Crippen LogP contribution is -2.93. The van der Waals surface area contributed by atoms with Crippen LogP contribution in [-0.4, -0.2) is 30.4 Å². The molecule has 0 aromatic heterocycles. The summed E-state index contributed by atoms with van der Waals surface area (Å²) in [4.78, 5) is 0. The Morgan fingerprint density at radius 2 is 1.56 bits per heavy atom. The second-order valence-electron chi connectivity index (χ2n) is 8.09. The number of rotatable bonds is 8. The first kappa shape index (κ1) is 20.1. The van der Waals surface area contributed by atoms with E-state index in [1.54, 1.807) is 0 Å². The van der Waals surface area contributed by atoms with E-state index in [2.05, 4.69) is 43.4 Å². The van der Waals surface area contributed by atoms with Crippen LogP contribution in [0.3, 0.4) is 0 Å². The van der Waals surface area contributed by atoms with Gasteiger partial charge in [-0.3, -0.25) is 0 Å². The van der Waals surface area contributed by atoms with Crippen LogP contribution in [0.15, 0.2) is 60.7 Å². The molecule has 1 fully saturated rings. The molecule has 0 spiro atoms. The van der Waals surface area contributed by atoms with Gasteiger partial charge in [-0.2, -0.15) is 0 Å². The Labute approximate surface area is 163 Å². The summed E-state index contributed by atoms with van der Waals surface area (Å²) in [5, 5.41) is 12.9. The molecule has 3 N–H and O–H groups in total. The highest BCUT2D eigenvalue weighted by Crippen LogP contribution is 2.28. The summed E-state index contributed by atoms with van der Waals surface area (Å²) in [7, 11) is 0. The van der Waals surface area contributed by atoms with Crippen molar-refractivity contribution in [1.29, 1.82) is 0 Å². The van der Waals surface area contributed by atoms with Crippen molar-refractivity contribution in [3.8, 4) is 0 Å². The van der Waals surface area contributed by atoms with Gasteiger partial charge in [-0.25, -0.2) is 0 Å². The standard InChI is InChI=1S/C24H33NO2/c1-18-10-9-15-23(19(18)2)25-16-22(26)17-27-24(20-11-5-3-6-12-20)21-13-7-4-8-14-21/h3-8,11-14,18-19,22-26H,9-10,15-17H2,1-2H3/p+1/t18-,19-,22+,23+/m1/s1. The zero-order chi connectivity index (χ0) is 19.1. The Bertz CT molecular complexity index is 621. The molecule has 1 aliphatic carbocycles. The normalized spacial score (nSPS) is 24.1. The minimum absolute atomic E-state index is 0.143. The molecule has 2 aromatic carbocycles. The smallest absolute Gasteiger partial charge is 0.126 e. The van der Waals surface area contributed by atoms with Gasteiger partial charge in [0.1, 0.15) is 18.8 Å². The first-order valence-corrected chi connectivity index (χ1v) is 10.4. The molecule has 0 aliphatic heterocycles. The Morgan fingerprint density at radius 3 is 2.15 bits per heavy atom. The molecule has 4 atom stereocenters. The number of benzene rings is 2. The summed E-state index contributed by atoms with van der Waals surface area (Å²) >= 11 is 0. The number of quaternary nitrogens is 1. The van der Waals surface area contributed by atoms with Crippen LogP contribution in [0.25, 0.3) is 0 Å². The maximum atomic E-state index is 10.5. The molecule has 0 heterocycles. The van der Waals surface area contributed by atoms with E-state index in [0.29, 0.717) is 25.1 Å². The Hall–Kier alpha value is -1.68. The van der Waals surface area contributed by atoms with Gasteiger partial charge in [0.25, 0.3) is 0 Å². The summed E-state index contributed by atoms with van der Waals surface area (Å²) in [6, 6.07) is 21.1. The quantitative estimate of drug-likeness (QED) is 0.749. The van der Waals surface area contributed by atoms with Crippen LogP contribution in [0.1, 0.15) is 50.3 Å². The van der Waals surface area contributed by atoms with E-state index in [4.69, 9.17) is 4.74 Å². The first-order valence-electron chi connectivity index (χ1n) is 10.4. The molecule has 0 unspecified atom stereocenters. The second-order valence-corrected chi connectivity index (χ2v) is 8.09. The van der Waals surface area contributed by atoms with E-state index in [9.17, 15) is 5.11 Å². The molecule has 0 bridgehead atoms. The molecule has 0 amide bonds. The predicted octanol–water partition coefficient (Wildman–Crippen LogP) is 3.54. The fourth-order valence-electron chi connectivity index (χ4n) is 4.20. The van der Waals surface area contributed by atoms with Crippen LogP contribution >= 0.6 is 0 Å². The minimum Gasteiger partial charge on any atom is -0.385 e. The van der Waals surface area contributed by atoms with Crippen molar-refractivity contribution in [2.45, 2.75) is 51.4 Å². The number of hydrogen-bond donors (Lipinski definition) is 2. The third-order valence-corrected chi connectivity index (χ3v) is 6.14. The summed E-state index contributed by atoms with van der Waals surface area (Å²) in [6.07, 6.45) is 3.31. The van der Waals surface area contributed by atoms with E-state index in [1.165, 1.54) is 19.3 Å². The zero-order valence-corrected chi connectivity index (χ0v) is 16.6. The SMILES string of the molecule is C[C@@H]1[C@H](C)CCC[C@@H]1[NH2+]C[C@H](O)COC(c1ccccc1)c1ccccc1. The second kappa shape index (κ2) is 10.0. The lowest BCUT2D eigenvalue weighted by atomic mass is 9.78. The third kappa shape index (κ3) is 5.65.